The first kappa shape index (κ1) is 9.70. The van der Waals surface area contributed by atoms with Crippen molar-refractivity contribution in [3.8, 4) is 0 Å². The van der Waals surface area contributed by atoms with Crippen LogP contribution in [-0.4, -0.2) is 10.7 Å². The first-order chi connectivity index (χ1) is 4.68. The molecule has 1 N–H and O–H groups in total. The van der Waals surface area contributed by atoms with Gasteiger partial charge in [-0.2, -0.15) is 0 Å². The van der Waals surface area contributed by atoms with Crippen molar-refractivity contribution in [2.75, 3.05) is 0 Å². The number of hydrogen-bond acceptors (Lipinski definition) is 1. The molecular weight excluding hydrogens is 124 g/mol. The van der Waals surface area contributed by atoms with Crippen LogP contribution in [0.1, 0.15) is 39.5 Å². The van der Waals surface area contributed by atoms with E-state index in [4.69, 9.17) is 6.58 Å². The molecule has 10 heavy (non-hydrogen) atoms. The van der Waals surface area contributed by atoms with Gasteiger partial charge in [-0.3, -0.25) is 0 Å². The Morgan fingerprint density at radius 2 is 1.70 bits per heavy atom. The maximum absolute atomic E-state index is 9.64. The Bertz CT molecular complexity index is 90.9. The van der Waals surface area contributed by atoms with Gasteiger partial charge in [0.05, 0.1) is 5.60 Å². The van der Waals surface area contributed by atoms with Gasteiger partial charge in [-0.25, -0.2) is 0 Å². The molecule has 0 aliphatic carbocycles. The monoisotopic (exact) mass is 141 g/mol. The topological polar surface area (TPSA) is 20.2 Å². The minimum atomic E-state index is -0.705. The Morgan fingerprint density at radius 1 is 1.30 bits per heavy atom. The molecule has 0 amide bonds. The third kappa shape index (κ3) is 3.02. The van der Waals surface area contributed by atoms with Crippen molar-refractivity contribution in [1.29, 1.82) is 0 Å². The van der Waals surface area contributed by atoms with Gasteiger partial charge >= 0.3 is 0 Å². The molecule has 1 nitrogen and oxygen atoms in total. The van der Waals surface area contributed by atoms with Crippen molar-refractivity contribution in [2.24, 2.45) is 0 Å². The van der Waals surface area contributed by atoms with Crippen molar-refractivity contribution in [2.45, 2.75) is 45.1 Å². The Balaban J connectivity index is 3.81. The lowest BCUT2D eigenvalue weighted by atomic mass is 9.93. The van der Waals surface area contributed by atoms with Crippen LogP contribution < -0.4 is 0 Å². The van der Waals surface area contributed by atoms with Crippen LogP contribution >= 0.6 is 0 Å². The minimum Gasteiger partial charge on any atom is -0.386 e. The number of hydrogen-bond donors (Lipinski definition) is 1. The maximum atomic E-state index is 9.64. The summed E-state index contributed by atoms with van der Waals surface area (Å²) in [5.74, 6) is 0. The smallest absolute Gasteiger partial charge is 0.0830 e. The molecule has 1 heteroatoms. The van der Waals surface area contributed by atoms with Crippen LogP contribution in [-0.2, 0) is 0 Å². The summed E-state index contributed by atoms with van der Waals surface area (Å²) in [6.07, 6.45) is 4.92. The molecule has 0 aliphatic rings. The minimum absolute atomic E-state index is 0.705. The van der Waals surface area contributed by atoms with Gasteiger partial charge in [0.1, 0.15) is 0 Å². The van der Waals surface area contributed by atoms with Crippen LogP contribution in [0.5, 0.6) is 0 Å². The lowest BCUT2D eigenvalue weighted by Crippen LogP contribution is -2.24. The Hall–Kier alpha value is -0.300. The number of aliphatic hydroxyl groups is 1. The van der Waals surface area contributed by atoms with Crippen molar-refractivity contribution in [3.05, 3.63) is 12.7 Å². The molecule has 0 bridgehead atoms. The second kappa shape index (κ2) is 4.51. The van der Waals surface area contributed by atoms with E-state index in [1.54, 1.807) is 0 Å². The van der Waals surface area contributed by atoms with E-state index in [-0.39, 0.29) is 0 Å². The summed E-state index contributed by atoms with van der Waals surface area (Å²) < 4.78 is 0. The van der Waals surface area contributed by atoms with E-state index in [1.165, 1.54) is 6.08 Å². The van der Waals surface area contributed by atoms with Gasteiger partial charge in [0.25, 0.3) is 0 Å². The van der Waals surface area contributed by atoms with Crippen LogP contribution in [0.2, 0.25) is 0 Å². The van der Waals surface area contributed by atoms with Gasteiger partial charge in [0.2, 0.25) is 0 Å². The molecule has 0 spiro atoms. The predicted molar refractivity (Wildman–Crippen MR) is 43.6 cm³/mol. The lowest BCUT2D eigenvalue weighted by Gasteiger charge is -2.22. The molecule has 0 aromatic rings. The molecule has 0 rings (SSSR count). The van der Waals surface area contributed by atoms with Crippen molar-refractivity contribution in [3.63, 3.8) is 0 Å². The normalized spacial score (nSPS) is 11.5. The van der Waals surface area contributed by atoms with Crippen LogP contribution in [0.4, 0.5) is 0 Å². The van der Waals surface area contributed by atoms with Crippen molar-refractivity contribution in [1.82, 2.24) is 0 Å². The summed E-state index contributed by atoms with van der Waals surface area (Å²) in [4.78, 5) is 0. The molecule has 0 heterocycles. The summed E-state index contributed by atoms with van der Waals surface area (Å²) in [7, 11) is 0. The van der Waals surface area contributed by atoms with E-state index >= 15 is 0 Å². The van der Waals surface area contributed by atoms with Gasteiger partial charge in [-0.05, 0) is 12.8 Å². The third-order valence-electron chi connectivity index (χ3n) is 1.68. The zero-order valence-electron chi connectivity index (χ0n) is 6.93. The summed E-state index contributed by atoms with van der Waals surface area (Å²) in [6, 6.07) is 0. The third-order valence-corrected chi connectivity index (χ3v) is 1.68. The Labute approximate surface area is 63.8 Å². The highest BCUT2D eigenvalue weighted by atomic mass is 16.3. The second-order valence-corrected chi connectivity index (χ2v) is 2.77. The molecule has 0 aromatic heterocycles. The first-order valence-electron chi connectivity index (χ1n) is 3.97. The second-order valence-electron chi connectivity index (χ2n) is 2.77. The molecule has 0 saturated carbocycles. The van der Waals surface area contributed by atoms with E-state index in [0.29, 0.717) is 0 Å². The summed E-state index contributed by atoms with van der Waals surface area (Å²) >= 11 is 0. The van der Waals surface area contributed by atoms with E-state index in [1.807, 2.05) is 13.8 Å². The highest BCUT2D eigenvalue weighted by molar-refractivity contribution is 4.92. The molecule has 0 fully saturated rings. The Kier molecular flexibility index (Phi) is 4.37. The lowest BCUT2D eigenvalue weighted by molar-refractivity contribution is 0.0707. The van der Waals surface area contributed by atoms with E-state index in [0.717, 1.165) is 25.7 Å². The highest BCUT2D eigenvalue weighted by Gasteiger charge is 2.19. The predicted octanol–water partition coefficient (Wildman–Crippen LogP) is 2.31. The molecule has 0 aromatic carbocycles. The maximum Gasteiger partial charge on any atom is 0.0830 e. The van der Waals surface area contributed by atoms with E-state index in [9.17, 15) is 5.11 Å². The largest absolute Gasteiger partial charge is 0.386 e. The first-order valence-corrected chi connectivity index (χ1v) is 3.97. The standard InChI is InChI=1S/C9H17O/c1-4-7-9(10,6-3)8-5-2/h3,6,10H,4-5,7-8H2,1-2H3. The summed E-state index contributed by atoms with van der Waals surface area (Å²) in [5, 5.41) is 9.64. The highest BCUT2D eigenvalue weighted by Crippen LogP contribution is 2.19. The molecule has 59 valence electrons. The average Bonchev–Trinajstić information content (AvgIpc) is 1.89. The van der Waals surface area contributed by atoms with Gasteiger partial charge in [-0.15, -0.1) is 0 Å². The van der Waals surface area contributed by atoms with Gasteiger partial charge in [0.15, 0.2) is 0 Å². The molecular formula is C9H17O. The van der Waals surface area contributed by atoms with Crippen molar-refractivity contribution >= 4 is 0 Å². The number of rotatable bonds is 5. The molecule has 0 aliphatic heterocycles. The van der Waals surface area contributed by atoms with E-state index in [2.05, 4.69) is 0 Å². The molecule has 1 radical (unpaired) electrons. The van der Waals surface area contributed by atoms with Gasteiger partial charge in [-0.1, -0.05) is 39.3 Å². The van der Waals surface area contributed by atoms with Crippen LogP contribution in [0.3, 0.4) is 0 Å². The zero-order valence-corrected chi connectivity index (χ0v) is 6.93. The van der Waals surface area contributed by atoms with Gasteiger partial charge in [0, 0.05) is 0 Å². The van der Waals surface area contributed by atoms with Crippen LogP contribution in [0, 0.1) is 6.58 Å². The zero-order chi connectivity index (χ0) is 8.04. The average molecular weight is 141 g/mol. The SMILES string of the molecule is [CH]=CC(O)(CCC)CCC. The summed E-state index contributed by atoms with van der Waals surface area (Å²) in [6.45, 7) is 9.40. The fraction of sp³-hybridized carbons (Fsp3) is 0.778. The summed E-state index contributed by atoms with van der Waals surface area (Å²) in [5.41, 5.74) is -0.705. The van der Waals surface area contributed by atoms with Crippen molar-refractivity contribution < 1.29 is 5.11 Å². The van der Waals surface area contributed by atoms with Gasteiger partial charge < -0.3 is 5.11 Å². The fourth-order valence-corrected chi connectivity index (χ4v) is 1.16. The molecule has 0 unspecified atom stereocenters. The molecule has 0 atom stereocenters. The molecule has 0 saturated heterocycles. The Morgan fingerprint density at radius 3 is 1.90 bits per heavy atom. The van der Waals surface area contributed by atoms with Crippen LogP contribution in [0.25, 0.3) is 0 Å². The van der Waals surface area contributed by atoms with Crippen LogP contribution in [0.15, 0.2) is 6.08 Å². The quantitative estimate of drug-likeness (QED) is 0.623. The van der Waals surface area contributed by atoms with E-state index < -0.39 is 5.60 Å². The fourth-order valence-electron chi connectivity index (χ4n) is 1.16.